The third kappa shape index (κ3) is 2.32. The number of rotatable bonds is 3. The van der Waals surface area contributed by atoms with Gasteiger partial charge in [-0.2, -0.15) is 0 Å². The molecular formula is C20H19BrN2O2S. The first-order chi connectivity index (χ1) is 12.6. The Hall–Kier alpha value is -1.63. The average Bonchev–Trinajstić information content (AvgIpc) is 3.29. The number of nitrogens with zero attached hydrogens (tertiary/aromatic N) is 2. The number of benzene rings is 2. The summed E-state index contributed by atoms with van der Waals surface area (Å²) in [7, 11) is -3.54. The van der Waals surface area contributed by atoms with Crippen molar-refractivity contribution >= 4 is 36.9 Å². The molecule has 3 aromatic rings. The van der Waals surface area contributed by atoms with Crippen LogP contribution in [-0.4, -0.2) is 36.9 Å². The summed E-state index contributed by atoms with van der Waals surface area (Å²) in [4.78, 5) is 2.88. The van der Waals surface area contributed by atoms with Crippen LogP contribution in [0.15, 0.2) is 51.8 Å². The van der Waals surface area contributed by atoms with Crippen LogP contribution < -0.4 is 0 Å². The van der Waals surface area contributed by atoms with E-state index in [0.29, 0.717) is 4.90 Å². The van der Waals surface area contributed by atoms with Gasteiger partial charge >= 0.3 is 0 Å². The van der Waals surface area contributed by atoms with Crippen LogP contribution in [0.1, 0.15) is 18.4 Å². The van der Waals surface area contributed by atoms with Gasteiger partial charge in [0.15, 0.2) is 0 Å². The van der Waals surface area contributed by atoms with Gasteiger partial charge in [-0.3, -0.25) is 0 Å². The Morgan fingerprint density at radius 1 is 1.04 bits per heavy atom. The lowest BCUT2D eigenvalue weighted by Gasteiger charge is -2.14. The molecule has 1 aromatic heterocycles. The Morgan fingerprint density at radius 3 is 2.62 bits per heavy atom. The molecule has 0 radical (unpaired) electrons. The number of hydrogen-bond acceptors (Lipinski definition) is 3. The highest BCUT2D eigenvalue weighted by Gasteiger charge is 2.37. The Balaban J connectivity index is 1.75. The van der Waals surface area contributed by atoms with E-state index >= 15 is 0 Å². The molecule has 0 amide bonds. The summed E-state index contributed by atoms with van der Waals surface area (Å²) < 4.78 is 28.9. The van der Waals surface area contributed by atoms with E-state index in [1.165, 1.54) is 12.8 Å². The van der Waals surface area contributed by atoms with Gasteiger partial charge in [-0.05, 0) is 62.2 Å². The van der Waals surface area contributed by atoms with Gasteiger partial charge in [-0.1, -0.05) is 34.1 Å². The number of halogens is 1. The van der Waals surface area contributed by atoms with E-state index in [1.54, 1.807) is 16.1 Å². The molecule has 0 bridgehead atoms. The summed E-state index contributed by atoms with van der Waals surface area (Å²) >= 11 is 3.50. The lowest BCUT2D eigenvalue weighted by molar-refractivity contribution is 0.344. The van der Waals surface area contributed by atoms with E-state index < -0.39 is 10.0 Å². The monoisotopic (exact) mass is 430 g/mol. The Morgan fingerprint density at radius 2 is 1.81 bits per heavy atom. The second-order valence-corrected chi connectivity index (χ2v) is 9.72. The largest absolute Gasteiger partial charge is 0.303 e. The van der Waals surface area contributed by atoms with Crippen molar-refractivity contribution in [1.29, 1.82) is 0 Å². The highest BCUT2D eigenvalue weighted by atomic mass is 79.9. The van der Waals surface area contributed by atoms with Crippen molar-refractivity contribution in [3.8, 4) is 11.3 Å². The maximum Gasteiger partial charge on any atom is 0.269 e. The average molecular weight is 431 g/mol. The summed E-state index contributed by atoms with van der Waals surface area (Å²) in [6, 6.07) is 13.3. The molecule has 2 aliphatic rings. The molecule has 3 heterocycles. The first-order valence-corrected chi connectivity index (χ1v) is 11.2. The van der Waals surface area contributed by atoms with Gasteiger partial charge in [0.05, 0.1) is 16.1 Å². The zero-order valence-corrected chi connectivity index (χ0v) is 16.7. The van der Waals surface area contributed by atoms with Crippen molar-refractivity contribution in [3.05, 3.63) is 52.5 Å². The van der Waals surface area contributed by atoms with Gasteiger partial charge in [-0.15, -0.1) is 0 Å². The van der Waals surface area contributed by atoms with Crippen molar-refractivity contribution in [2.75, 3.05) is 19.6 Å². The summed E-state index contributed by atoms with van der Waals surface area (Å²) in [5.74, 6) is 0. The number of aromatic nitrogens is 1. The topological polar surface area (TPSA) is 42.3 Å². The van der Waals surface area contributed by atoms with E-state index in [-0.39, 0.29) is 0 Å². The number of likely N-dealkylation sites (tertiary alicyclic amines) is 1. The zero-order valence-electron chi connectivity index (χ0n) is 14.3. The Labute approximate surface area is 161 Å². The molecular weight excluding hydrogens is 412 g/mol. The standard InChI is InChI=1S/C20H19BrN2O2S/c21-14-7-8-19-17(13-14)20-16(9-12-22-10-3-4-11-22)15-5-1-2-6-18(15)23(20)26(19,24)25/h1-2,5-8,13H,3-4,9-12H2. The van der Waals surface area contributed by atoms with Gasteiger partial charge in [0, 0.05) is 22.0 Å². The molecule has 0 spiro atoms. The predicted octanol–water partition coefficient (Wildman–Crippen LogP) is 4.26. The molecule has 0 unspecified atom stereocenters. The van der Waals surface area contributed by atoms with E-state index in [9.17, 15) is 8.42 Å². The third-order valence-electron chi connectivity index (χ3n) is 5.53. The molecule has 1 fully saturated rings. The van der Waals surface area contributed by atoms with E-state index in [2.05, 4.69) is 20.8 Å². The predicted molar refractivity (Wildman–Crippen MR) is 107 cm³/mol. The fraction of sp³-hybridized carbons (Fsp3) is 0.300. The lowest BCUT2D eigenvalue weighted by atomic mass is 10.0. The fourth-order valence-electron chi connectivity index (χ4n) is 4.34. The van der Waals surface area contributed by atoms with Crippen molar-refractivity contribution in [2.45, 2.75) is 24.2 Å². The van der Waals surface area contributed by atoms with Crippen LogP contribution in [0.2, 0.25) is 0 Å². The minimum absolute atomic E-state index is 0.406. The van der Waals surface area contributed by atoms with E-state index in [0.717, 1.165) is 58.3 Å². The first kappa shape index (κ1) is 16.5. The van der Waals surface area contributed by atoms with Gasteiger partial charge in [0.2, 0.25) is 0 Å². The molecule has 134 valence electrons. The van der Waals surface area contributed by atoms with Gasteiger partial charge in [0.25, 0.3) is 10.0 Å². The molecule has 4 nitrogen and oxygen atoms in total. The smallest absolute Gasteiger partial charge is 0.269 e. The first-order valence-electron chi connectivity index (χ1n) is 8.97. The number of fused-ring (bicyclic) bond motifs is 5. The molecule has 5 rings (SSSR count). The molecule has 2 aliphatic heterocycles. The third-order valence-corrected chi connectivity index (χ3v) is 7.79. The fourth-order valence-corrected chi connectivity index (χ4v) is 6.44. The molecule has 6 heteroatoms. The van der Waals surface area contributed by atoms with Crippen LogP contribution in [0.3, 0.4) is 0 Å². The summed E-state index contributed by atoms with van der Waals surface area (Å²) in [5, 5.41) is 1.05. The van der Waals surface area contributed by atoms with Crippen LogP contribution in [0.4, 0.5) is 0 Å². The van der Waals surface area contributed by atoms with Gasteiger partial charge in [-0.25, -0.2) is 12.4 Å². The highest BCUT2D eigenvalue weighted by molar-refractivity contribution is 9.10. The molecule has 2 aromatic carbocycles. The molecule has 1 saturated heterocycles. The van der Waals surface area contributed by atoms with Crippen LogP contribution >= 0.6 is 15.9 Å². The van der Waals surface area contributed by atoms with E-state index in [4.69, 9.17) is 0 Å². The Kier molecular flexibility index (Phi) is 3.78. The minimum Gasteiger partial charge on any atom is -0.303 e. The minimum atomic E-state index is -3.54. The summed E-state index contributed by atoms with van der Waals surface area (Å²) in [6.07, 6.45) is 3.39. The SMILES string of the molecule is O=S1(=O)c2ccc(Br)cc2-c2c(CCN3CCCC3)c3ccccc3n21. The highest BCUT2D eigenvalue weighted by Crippen LogP contribution is 2.45. The van der Waals surface area contributed by atoms with Crippen molar-refractivity contribution in [3.63, 3.8) is 0 Å². The number of hydrogen-bond donors (Lipinski definition) is 0. The molecule has 0 aliphatic carbocycles. The zero-order chi connectivity index (χ0) is 17.9. The van der Waals surface area contributed by atoms with Gasteiger partial charge < -0.3 is 4.90 Å². The normalized spacial score (nSPS) is 18.3. The summed E-state index contributed by atoms with van der Waals surface area (Å²) in [6.45, 7) is 3.27. The molecule has 0 saturated carbocycles. The summed E-state index contributed by atoms with van der Waals surface area (Å²) in [5.41, 5.74) is 3.59. The maximum absolute atomic E-state index is 13.2. The number of para-hydroxylation sites is 1. The van der Waals surface area contributed by atoms with Crippen LogP contribution in [0.25, 0.3) is 22.2 Å². The van der Waals surface area contributed by atoms with Gasteiger partial charge in [0.1, 0.15) is 0 Å². The van der Waals surface area contributed by atoms with Crippen LogP contribution in [0.5, 0.6) is 0 Å². The molecule has 0 atom stereocenters. The lowest BCUT2D eigenvalue weighted by Crippen LogP contribution is -2.22. The van der Waals surface area contributed by atoms with Crippen LogP contribution in [-0.2, 0) is 16.4 Å². The molecule has 26 heavy (non-hydrogen) atoms. The van der Waals surface area contributed by atoms with Crippen LogP contribution in [0, 0.1) is 0 Å². The molecule has 0 N–H and O–H groups in total. The quantitative estimate of drug-likeness (QED) is 0.487. The van der Waals surface area contributed by atoms with Crippen molar-refractivity contribution in [1.82, 2.24) is 8.87 Å². The van der Waals surface area contributed by atoms with Crippen molar-refractivity contribution < 1.29 is 8.42 Å². The second-order valence-electron chi connectivity index (χ2n) is 7.05. The Bertz CT molecular complexity index is 1130. The second kappa shape index (κ2) is 5.94. The maximum atomic E-state index is 13.2. The van der Waals surface area contributed by atoms with E-state index in [1.807, 2.05) is 30.3 Å². The van der Waals surface area contributed by atoms with Crippen molar-refractivity contribution in [2.24, 2.45) is 0 Å².